The average Bonchev–Trinajstić information content (AvgIpc) is 2.72. The Morgan fingerprint density at radius 2 is 1.79 bits per heavy atom. The number of nitrogens with zero attached hydrogens (tertiary/aromatic N) is 2. The van der Waals surface area contributed by atoms with Crippen LogP contribution in [0.2, 0.25) is 0 Å². The van der Waals surface area contributed by atoms with E-state index in [9.17, 15) is 14.4 Å². The summed E-state index contributed by atoms with van der Waals surface area (Å²) in [6.07, 6.45) is 0. The molecule has 0 aliphatic rings. The highest BCUT2D eigenvalue weighted by Gasteiger charge is 2.25. The number of nitrogens with one attached hydrogen (secondary N) is 1. The van der Waals surface area contributed by atoms with Crippen LogP contribution in [0.5, 0.6) is 0 Å². The number of hydrogen-bond acceptors (Lipinski definition) is 5. The van der Waals surface area contributed by atoms with E-state index in [4.69, 9.17) is 4.74 Å². The summed E-state index contributed by atoms with van der Waals surface area (Å²) < 4.78 is 5.83. The van der Waals surface area contributed by atoms with Gasteiger partial charge < -0.3 is 10.1 Å². The number of amides is 1. The molecule has 1 unspecified atom stereocenters. The molecule has 29 heavy (non-hydrogen) atoms. The monoisotopic (exact) mass is 393 g/mol. The van der Waals surface area contributed by atoms with Gasteiger partial charge >= 0.3 is 5.97 Å². The standard InChI is InChI=1S/C22H23N3O4/c1-14(2)21(22(28)29-3)23-19(26)13-25-20(27)12-11-18(24-25)17-10-6-8-15-7-4-5-9-16(15)17/h4-12,14,21H,13H2,1-3H3,(H,23,26). The van der Waals surface area contributed by atoms with E-state index >= 15 is 0 Å². The van der Waals surface area contributed by atoms with Crippen LogP contribution in [0, 0.1) is 5.92 Å². The third-order valence-electron chi connectivity index (χ3n) is 4.66. The predicted molar refractivity (Wildman–Crippen MR) is 110 cm³/mol. The molecule has 7 nitrogen and oxygen atoms in total. The maximum Gasteiger partial charge on any atom is 0.328 e. The lowest BCUT2D eigenvalue weighted by Gasteiger charge is -2.19. The van der Waals surface area contributed by atoms with E-state index in [1.165, 1.54) is 13.2 Å². The number of fused-ring (bicyclic) bond motifs is 1. The zero-order valence-electron chi connectivity index (χ0n) is 16.6. The molecule has 1 aromatic heterocycles. The van der Waals surface area contributed by atoms with Crippen LogP contribution in [-0.4, -0.2) is 34.8 Å². The molecule has 3 aromatic rings. The molecule has 0 saturated carbocycles. The average molecular weight is 393 g/mol. The predicted octanol–water partition coefficient (Wildman–Crippen LogP) is 2.38. The third kappa shape index (κ3) is 4.51. The molecule has 1 N–H and O–H groups in total. The van der Waals surface area contributed by atoms with Crippen molar-refractivity contribution in [2.24, 2.45) is 5.92 Å². The number of hydrogen-bond donors (Lipinski definition) is 1. The molecule has 1 atom stereocenters. The molecule has 0 fully saturated rings. The number of ether oxygens (including phenoxy) is 1. The maximum atomic E-state index is 12.4. The van der Waals surface area contributed by atoms with Crippen molar-refractivity contribution in [3.63, 3.8) is 0 Å². The fraction of sp³-hybridized carbons (Fsp3) is 0.273. The summed E-state index contributed by atoms with van der Waals surface area (Å²) in [4.78, 5) is 36.5. The van der Waals surface area contributed by atoms with Crippen molar-refractivity contribution < 1.29 is 14.3 Å². The Morgan fingerprint density at radius 1 is 1.07 bits per heavy atom. The van der Waals surface area contributed by atoms with Gasteiger partial charge in [-0.3, -0.25) is 9.59 Å². The Hall–Kier alpha value is -3.48. The largest absolute Gasteiger partial charge is 0.467 e. The van der Waals surface area contributed by atoms with Crippen LogP contribution in [0.15, 0.2) is 59.4 Å². The van der Waals surface area contributed by atoms with Gasteiger partial charge in [0.15, 0.2) is 0 Å². The minimum atomic E-state index is -0.788. The molecule has 150 valence electrons. The number of carbonyl (C=O) groups is 2. The summed E-state index contributed by atoms with van der Waals surface area (Å²) >= 11 is 0. The molecule has 1 heterocycles. The lowest BCUT2D eigenvalue weighted by molar-refractivity contribution is -0.146. The normalized spacial score (nSPS) is 12.0. The van der Waals surface area contributed by atoms with Gasteiger partial charge in [-0.2, -0.15) is 5.10 Å². The zero-order valence-corrected chi connectivity index (χ0v) is 16.6. The van der Waals surface area contributed by atoms with Crippen molar-refractivity contribution in [3.8, 4) is 11.3 Å². The van der Waals surface area contributed by atoms with Crippen molar-refractivity contribution in [1.82, 2.24) is 15.1 Å². The molecule has 3 rings (SSSR count). The van der Waals surface area contributed by atoms with E-state index in [0.29, 0.717) is 5.69 Å². The number of aromatic nitrogens is 2. The van der Waals surface area contributed by atoms with Crippen LogP contribution in [0.1, 0.15) is 13.8 Å². The molecule has 1 amide bonds. The second-order valence-electron chi connectivity index (χ2n) is 7.05. The number of carbonyl (C=O) groups excluding carboxylic acids is 2. The zero-order chi connectivity index (χ0) is 21.0. The molecular formula is C22H23N3O4. The first-order chi connectivity index (χ1) is 13.9. The topological polar surface area (TPSA) is 90.3 Å². The van der Waals surface area contributed by atoms with E-state index in [1.54, 1.807) is 19.9 Å². The maximum absolute atomic E-state index is 12.4. The van der Waals surface area contributed by atoms with Gasteiger partial charge in [0.05, 0.1) is 12.8 Å². The highest BCUT2D eigenvalue weighted by molar-refractivity contribution is 5.95. The Labute approximate surface area is 168 Å². The Kier molecular flexibility index (Phi) is 6.07. The van der Waals surface area contributed by atoms with Crippen LogP contribution in [0.4, 0.5) is 0 Å². The molecule has 2 aromatic carbocycles. The molecule has 0 spiro atoms. The van der Waals surface area contributed by atoms with Crippen LogP contribution in [0.25, 0.3) is 22.0 Å². The Morgan fingerprint density at radius 3 is 2.52 bits per heavy atom. The minimum Gasteiger partial charge on any atom is -0.467 e. The third-order valence-corrected chi connectivity index (χ3v) is 4.66. The van der Waals surface area contributed by atoms with Gasteiger partial charge in [0, 0.05) is 11.6 Å². The summed E-state index contributed by atoms with van der Waals surface area (Å²) in [5.74, 6) is -1.17. The van der Waals surface area contributed by atoms with Gasteiger partial charge in [-0.25, -0.2) is 9.48 Å². The quantitative estimate of drug-likeness (QED) is 0.650. The van der Waals surface area contributed by atoms with E-state index in [-0.39, 0.29) is 12.5 Å². The van der Waals surface area contributed by atoms with E-state index in [2.05, 4.69) is 10.4 Å². The highest BCUT2D eigenvalue weighted by atomic mass is 16.5. The minimum absolute atomic E-state index is 0.155. The van der Waals surface area contributed by atoms with Crippen LogP contribution < -0.4 is 10.9 Å². The number of rotatable bonds is 6. The smallest absolute Gasteiger partial charge is 0.328 e. The van der Waals surface area contributed by atoms with Gasteiger partial charge in [-0.1, -0.05) is 56.3 Å². The first-order valence-corrected chi connectivity index (χ1v) is 9.34. The molecule has 0 saturated heterocycles. The fourth-order valence-electron chi connectivity index (χ4n) is 3.13. The highest BCUT2D eigenvalue weighted by Crippen LogP contribution is 2.26. The lowest BCUT2D eigenvalue weighted by Crippen LogP contribution is -2.47. The van der Waals surface area contributed by atoms with Crippen molar-refractivity contribution in [1.29, 1.82) is 0 Å². The second-order valence-corrected chi connectivity index (χ2v) is 7.05. The molecule has 7 heteroatoms. The van der Waals surface area contributed by atoms with Gasteiger partial charge in [-0.15, -0.1) is 0 Å². The summed E-state index contributed by atoms with van der Waals surface area (Å²) in [5, 5.41) is 9.05. The lowest BCUT2D eigenvalue weighted by atomic mass is 10.0. The first-order valence-electron chi connectivity index (χ1n) is 9.34. The van der Waals surface area contributed by atoms with Gasteiger partial charge in [-0.05, 0) is 22.8 Å². The number of methoxy groups -OCH3 is 1. The van der Waals surface area contributed by atoms with Gasteiger partial charge in [0.1, 0.15) is 12.6 Å². The fourth-order valence-corrected chi connectivity index (χ4v) is 3.13. The molecule has 0 aliphatic carbocycles. The summed E-state index contributed by atoms with van der Waals surface area (Å²) in [7, 11) is 1.27. The van der Waals surface area contributed by atoms with Crippen molar-refractivity contribution in [3.05, 3.63) is 65.0 Å². The van der Waals surface area contributed by atoms with Crippen molar-refractivity contribution in [2.75, 3.05) is 7.11 Å². The molecule has 0 bridgehead atoms. The van der Waals surface area contributed by atoms with Crippen molar-refractivity contribution in [2.45, 2.75) is 26.4 Å². The molecule has 0 aliphatic heterocycles. The van der Waals surface area contributed by atoms with Crippen LogP contribution >= 0.6 is 0 Å². The SMILES string of the molecule is COC(=O)C(NC(=O)Cn1nc(-c2cccc3ccccc23)ccc1=O)C(C)C. The molecular weight excluding hydrogens is 370 g/mol. The second kappa shape index (κ2) is 8.68. The summed E-state index contributed by atoms with van der Waals surface area (Å²) in [6.45, 7) is 3.30. The van der Waals surface area contributed by atoms with E-state index in [1.807, 2.05) is 42.5 Å². The van der Waals surface area contributed by atoms with Crippen LogP contribution in [-0.2, 0) is 20.9 Å². The van der Waals surface area contributed by atoms with Gasteiger partial charge in [0.2, 0.25) is 5.91 Å². The van der Waals surface area contributed by atoms with Crippen molar-refractivity contribution >= 4 is 22.6 Å². The number of benzene rings is 2. The number of esters is 1. The van der Waals surface area contributed by atoms with E-state index < -0.39 is 23.5 Å². The Balaban J connectivity index is 1.89. The summed E-state index contributed by atoms with van der Waals surface area (Å²) in [5.41, 5.74) is 1.05. The van der Waals surface area contributed by atoms with Crippen LogP contribution in [0.3, 0.4) is 0 Å². The van der Waals surface area contributed by atoms with Gasteiger partial charge in [0.25, 0.3) is 5.56 Å². The van der Waals surface area contributed by atoms with E-state index in [0.717, 1.165) is 21.0 Å². The molecule has 0 radical (unpaired) electrons. The Bertz CT molecular complexity index is 1100. The summed E-state index contributed by atoms with van der Waals surface area (Å²) in [6, 6.07) is 16.0. The first kappa shape index (κ1) is 20.3.